The quantitative estimate of drug-likeness (QED) is 0.708. The Kier molecular flexibility index (Phi) is 4.34. The lowest BCUT2D eigenvalue weighted by molar-refractivity contribution is 0.0238. The van der Waals surface area contributed by atoms with E-state index in [4.69, 9.17) is 0 Å². The van der Waals surface area contributed by atoms with Gasteiger partial charge in [-0.05, 0) is 55.9 Å². The molecule has 0 aromatic carbocycles. The molecule has 1 aliphatic rings. The lowest BCUT2D eigenvalue weighted by Crippen LogP contribution is -2.48. The Hall–Kier alpha value is -2.87. The number of carbonyl (C=O) groups excluding carboxylic acids is 1. The molecule has 1 fully saturated rings. The minimum absolute atomic E-state index is 0.0842. The van der Waals surface area contributed by atoms with E-state index < -0.39 is 0 Å². The van der Waals surface area contributed by atoms with E-state index in [1.807, 2.05) is 25.1 Å². The Labute approximate surface area is 150 Å². The number of nitrogens with zero attached hydrogens (tertiary/aromatic N) is 5. The van der Waals surface area contributed by atoms with Gasteiger partial charge >= 0.3 is 0 Å². The van der Waals surface area contributed by atoms with Crippen molar-refractivity contribution in [2.45, 2.75) is 38.3 Å². The molecule has 26 heavy (non-hydrogen) atoms. The number of hydrogen-bond acceptors (Lipinski definition) is 6. The molecule has 3 aromatic heterocycles. The number of rotatable bonds is 5. The number of aromatic nitrogens is 5. The number of aliphatic hydroxyl groups excluding tert-OH is 1. The van der Waals surface area contributed by atoms with Crippen LogP contribution >= 0.6 is 0 Å². The number of hydrogen-bond donors (Lipinski definition) is 2. The van der Waals surface area contributed by atoms with Crippen LogP contribution in [0.3, 0.4) is 0 Å². The van der Waals surface area contributed by atoms with E-state index in [0.29, 0.717) is 25.0 Å². The third-order valence-corrected chi connectivity index (χ3v) is 4.86. The zero-order valence-corrected chi connectivity index (χ0v) is 14.4. The zero-order chi connectivity index (χ0) is 18.1. The highest BCUT2D eigenvalue weighted by atomic mass is 16.3. The number of nitrogens with one attached hydrogen (secondary N) is 1. The second kappa shape index (κ2) is 6.80. The van der Waals surface area contributed by atoms with Crippen LogP contribution in [0.1, 0.15) is 34.7 Å². The number of pyridine rings is 1. The van der Waals surface area contributed by atoms with Crippen molar-refractivity contribution in [3.63, 3.8) is 0 Å². The van der Waals surface area contributed by atoms with Crippen molar-refractivity contribution >= 4 is 11.7 Å². The molecule has 3 aromatic rings. The second-order valence-electron chi connectivity index (χ2n) is 6.79. The molecular formula is C18H20N6O2. The molecule has 0 aliphatic heterocycles. The summed E-state index contributed by atoms with van der Waals surface area (Å²) in [6, 6.07) is 5.60. The average Bonchev–Trinajstić information content (AvgIpc) is 3.02. The normalized spacial score (nSPS) is 20.5. The Bertz CT molecular complexity index is 920. The van der Waals surface area contributed by atoms with Crippen LogP contribution in [0.4, 0.5) is 0 Å². The second-order valence-corrected chi connectivity index (χ2v) is 6.79. The molecule has 2 N–H and O–H groups in total. The predicted octanol–water partition coefficient (Wildman–Crippen LogP) is 0.940. The van der Waals surface area contributed by atoms with Gasteiger partial charge in [-0.3, -0.25) is 14.2 Å². The summed E-state index contributed by atoms with van der Waals surface area (Å²) in [5.74, 6) is 0.567. The fourth-order valence-electron chi connectivity index (χ4n) is 3.33. The smallest absolute Gasteiger partial charge is 0.289 e. The van der Waals surface area contributed by atoms with Crippen molar-refractivity contribution in [3.05, 3.63) is 53.9 Å². The highest BCUT2D eigenvalue weighted by Crippen LogP contribution is 2.31. The maximum atomic E-state index is 12.8. The van der Waals surface area contributed by atoms with E-state index >= 15 is 0 Å². The molecule has 1 saturated carbocycles. The predicted molar refractivity (Wildman–Crippen MR) is 93.4 cm³/mol. The first-order valence-electron chi connectivity index (χ1n) is 8.66. The number of carbonyl (C=O) groups is 1. The van der Waals surface area contributed by atoms with Gasteiger partial charge in [0.2, 0.25) is 5.82 Å². The molecular weight excluding hydrogens is 332 g/mol. The molecule has 0 bridgehead atoms. The minimum Gasteiger partial charge on any atom is -0.393 e. The highest BCUT2D eigenvalue weighted by Gasteiger charge is 2.35. The molecule has 8 nitrogen and oxygen atoms in total. The highest BCUT2D eigenvalue weighted by molar-refractivity contribution is 5.91. The molecule has 8 heteroatoms. The van der Waals surface area contributed by atoms with Crippen LogP contribution in [-0.4, -0.2) is 47.7 Å². The summed E-state index contributed by atoms with van der Waals surface area (Å²) in [5.41, 5.74) is 1.91. The fourth-order valence-corrected chi connectivity index (χ4v) is 3.33. The van der Waals surface area contributed by atoms with Gasteiger partial charge < -0.3 is 10.4 Å². The SMILES string of the molecule is Cc1ccn2c(C(=O)N[C@@H](Cc3ccncc3)C3CC(O)C3)nnc2n1. The minimum atomic E-state index is -0.288. The van der Waals surface area contributed by atoms with Gasteiger partial charge in [-0.25, -0.2) is 4.98 Å². The number of fused-ring (bicyclic) bond motifs is 1. The van der Waals surface area contributed by atoms with Crippen molar-refractivity contribution in [3.8, 4) is 0 Å². The van der Waals surface area contributed by atoms with Crippen molar-refractivity contribution in [2.75, 3.05) is 0 Å². The van der Waals surface area contributed by atoms with E-state index in [9.17, 15) is 9.90 Å². The molecule has 3 heterocycles. The number of aliphatic hydroxyl groups is 1. The molecule has 0 spiro atoms. The first-order valence-corrected chi connectivity index (χ1v) is 8.66. The molecule has 0 unspecified atom stereocenters. The van der Waals surface area contributed by atoms with Crippen LogP contribution in [-0.2, 0) is 6.42 Å². The molecule has 0 saturated heterocycles. The molecule has 0 radical (unpaired) electrons. The third-order valence-electron chi connectivity index (χ3n) is 4.86. The largest absolute Gasteiger partial charge is 0.393 e. The molecule has 4 rings (SSSR count). The molecule has 134 valence electrons. The van der Waals surface area contributed by atoms with Crippen molar-refractivity contribution in [2.24, 2.45) is 5.92 Å². The standard InChI is InChI=1S/C18H20N6O2/c1-11-4-7-24-16(22-23-18(24)20-11)17(26)21-15(13-9-14(25)10-13)8-12-2-5-19-6-3-12/h2-7,13-15,25H,8-10H2,1H3,(H,21,26)/t13?,14?,15-/m0/s1. The Morgan fingerprint density at radius 3 is 2.81 bits per heavy atom. The molecule has 1 atom stereocenters. The van der Waals surface area contributed by atoms with E-state index in [1.54, 1.807) is 23.0 Å². The van der Waals surface area contributed by atoms with Crippen LogP contribution in [0.5, 0.6) is 0 Å². The summed E-state index contributed by atoms with van der Waals surface area (Å²) < 4.78 is 1.58. The van der Waals surface area contributed by atoms with Crippen LogP contribution in [0.15, 0.2) is 36.8 Å². The van der Waals surface area contributed by atoms with Gasteiger partial charge in [0.1, 0.15) is 0 Å². The molecule has 1 aliphatic carbocycles. The van der Waals surface area contributed by atoms with Crippen molar-refractivity contribution in [1.29, 1.82) is 0 Å². The van der Waals surface area contributed by atoms with Gasteiger partial charge in [-0.15, -0.1) is 10.2 Å². The van der Waals surface area contributed by atoms with Gasteiger partial charge in [0.15, 0.2) is 0 Å². The van der Waals surface area contributed by atoms with Crippen LogP contribution in [0.2, 0.25) is 0 Å². The number of amides is 1. The summed E-state index contributed by atoms with van der Waals surface area (Å²) in [6.45, 7) is 1.86. The first-order chi connectivity index (χ1) is 12.6. The summed E-state index contributed by atoms with van der Waals surface area (Å²) in [7, 11) is 0. The van der Waals surface area contributed by atoms with Crippen LogP contribution in [0.25, 0.3) is 5.78 Å². The summed E-state index contributed by atoms with van der Waals surface area (Å²) in [4.78, 5) is 21.1. The van der Waals surface area contributed by atoms with Gasteiger partial charge in [-0.1, -0.05) is 0 Å². The summed E-state index contributed by atoms with van der Waals surface area (Å²) in [6.07, 6.45) is 7.01. The Balaban J connectivity index is 1.55. The van der Waals surface area contributed by atoms with Crippen molar-refractivity contribution in [1.82, 2.24) is 29.9 Å². The first kappa shape index (κ1) is 16.6. The summed E-state index contributed by atoms with van der Waals surface area (Å²) >= 11 is 0. The topological polar surface area (TPSA) is 105 Å². The maximum Gasteiger partial charge on any atom is 0.289 e. The van der Waals surface area contributed by atoms with E-state index in [1.165, 1.54) is 0 Å². The number of aryl methyl sites for hydroxylation is 1. The Morgan fingerprint density at radius 2 is 2.08 bits per heavy atom. The lowest BCUT2D eigenvalue weighted by Gasteiger charge is -2.38. The monoisotopic (exact) mass is 352 g/mol. The molecule has 1 amide bonds. The van der Waals surface area contributed by atoms with Gasteiger partial charge in [0, 0.05) is 30.3 Å². The van der Waals surface area contributed by atoms with Crippen molar-refractivity contribution < 1.29 is 9.90 Å². The van der Waals surface area contributed by atoms with Gasteiger partial charge in [0.05, 0.1) is 6.10 Å². The van der Waals surface area contributed by atoms with E-state index in [0.717, 1.165) is 11.3 Å². The van der Waals surface area contributed by atoms with Gasteiger partial charge in [-0.2, -0.15) is 0 Å². The Morgan fingerprint density at radius 1 is 1.31 bits per heavy atom. The lowest BCUT2D eigenvalue weighted by atomic mass is 9.75. The van der Waals surface area contributed by atoms with Gasteiger partial charge in [0.25, 0.3) is 11.7 Å². The van der Waals surface area contributed by atoms with Crippen LogP contribution in [0, 0.1) is 12.8 Å². The zero-order valence-electron chi connectivity index (χ0n) is 14.4. The fraction of sp³-hybridized carbons (Fsp3) is 0.389. The van der Waals surface area contributed by atoms with E-state index in [2.05, 4.69) is 25.5 Å². The van der Waals surface area contributed by atoms with Crippen LogP contribution < -0.4 is 5.32 Å². The van der Waals surface area contributed by atoms with E-state index in [-0.39, 0.29) is 29.8 Å². The third kappa shape index (κ3) is 3.28. The average molecular weight is 352 g/mol. The maximum absolute atomic E-state index is 12.8. The summed E-state index contributed by atoms with van der Waals surface area (Å²) in [5, 5.41) is 20.7.